The van der Waals surface area contributed by atoms with Gasteiger partial charge in [-0.3, -0.25) is 9.47 Å². The first-order valence-corrected chi connectivity index (χ1v) is 13.2. The van der Waals surface area contributed by atoms with Crippen LogP contribution in [-0.2, 0) is 19.4 Å². The van der Waals surface area contributed by atoms with Crippen molar-refractivity contribution in [2.24, 2.45) is 11.8 Å². The third-order valence-electron chi connectivity index (χ3n) is 8.67. The van der Waals surface area contributed by atoms with Crippen LogP contribution in [-0.4, -0.2) is 52.4 Å². The molecule has 0 amide bonds. The van der Waals surface area contributed by atoms with Crippen molar-refractivity contribution in [2.45, 2.75) is 57.9 Å². The van der Waals surface area contributed by atoms with Gasteiger partial charge in [0.15, 0.2) is 11.8 Å². The minimum Gasteiger partial charge on any atom is -0.494 e. The first-order valence-electron chi connectivity index (χ1n) is 13.2. The molecule has 1 aliphatic heterocycles. The molecule has 1 saturated carbocycles. The van der Waals surface area contributed by atoms with Crippen LogP contribution in [0.1, 0.15) is 49.7 Å². The quantitative estimate of drug-likeness (QED) is 0.548. The smallest absolute Gasteiger partial charge is 0.197 e. The fourth-order valence-electron chi connectivity index (χ4n) is 6.67. The van der Waals surface area contributed by atoms with E-state index in [1.165, 1.54) is 36.8 Å². The second kappa shape index (κ2) is 9.21. The molecule has 3 aliphatic rings. The van der Waals surface area contributed by atoms with Gasteiger partial charge in [0, 0.05) is 61.5 Å². The number of benzene rings is 1. The van der Waals surface area contributed by atoms with E-state index in [9.17, 15) is 10.2 Å². The van der Waals surface area contributed by atoms with Crippen LogP contribution in [0.3, 0.4) is 0 Å². The number of furan rings is 1. The summed E-state index contributed by atoms with van der Waals surface area (Å²) in [5.74, 6) is 1.81. The van der Waals surface area contributed by atoms with Gasteiger partial charge in [-0.15, -0.1) is 0 Å². The maximum atomic E-state index is 10.9. The van der Waals surface area contributed by atoms with Crippen LogP contribution in [0.15, 0.2) is 34.9 Å². The molecule has 34 heavy (non-hydrogen) atoms. The standard InChI is InChI=1S/C28H37N3O3/c32-27-24-7-3-4-8-25(24)28(33)31(27)19-22-6-2-1-5-21(22)18-29-12-14-30(15-13-29)23-9-10-26-20(17-23)11-16-34-26/h9-11,16-17,21-22,32-33H,1-8,12-15,18-19H2. The molecule has 6 rings (SSSR count). The van der Waals surface area contributed by atoms with Crippen molar-refractivity contribution in [3.05, 3.63) is 41.7 Å². The Bertz CT molecular complexity index is 1110. The summed E-state index contributed by atoms with van der Waals surface area (Å²) in [4.78, 5) is 5.12. The van der Waals surface area contributed by atoms with Gasteiger partial charge >= 0.3 is 0 Å². The highest BCUT2D eigenvalue weighted by Gasteiger charge is 2.32. The summed E-state index contributed by atoms with van der Waals surface area (Å²) in [5, 5.41) is 22.9. The topological polar surface area (TPSA) is 65.0 Å². The predicted octanol–water partition coefficient (Wildman–Crippen LogP) is 5.15. The summed E-state index contributed by atoms with van der Waals surface area (Å²) in [7, 11) is 0. The van der Waals surface area contributed by atoms with Crippen molar-refractivity contribution in [3.8, 4) is 11.8 Å². The van der Waals surface area contributed by atoms with Crippen molar-refractivity contribution in [3.63, 3.8) is 0 Å². The second-order valence-electron chi connectivity index (χ2n) is 10.7. The maximum absolute atomic E-state index is 10.9. The van der Waals surface area contributed by atoms with Crippen LogP contribution in [0.4, 0.5) is 5.69 Å². The zero-order valence-corrected chi connectivity index (χ0v) is 20.1. The fourth-order valence-corrected chi connectivity index (χ4v) is 6.67. The summed E-state index contributed by atoms with van der Waals surface area (Å²) >= 11 is 0. The lowest BCUT2D eigenvalue weighted by Crippen LogP contribution is -2.48. The summed E-state index contributed by atoms with van der Waals surface area (Å²) in [5.41, 5.74) is 4.24. The highest BCUT2D eigenvalue weighted by atomic mass is 16.3. The number of aromatic hydroxyl groups is 2. The molecule has 3 heterocycles. The largest absolute Gasteiger partial charge is 0.494 e. The molecule has 2 aromatic heterocycles. The van der Waals surface area contributed by atoms with Gasteiger partial charge < -0.3 is 19.5 Å². The van der Waals surface area contributed by atoms with E-state index in [0.717, 1.165) is 81.7 Å². The van der Waals surface area contributed by atoms with E-state index in [0.29, 0.717) is 23.6 Å². The zero-order chi connectivity index (χ0) is 23.1. The number of aromatic nitrogens is 1. The molecule has 0 bridgehead atoms. The van der Waals surface area contributed by atoms with Gasteiger partial charge in [0.2, 0.25) is 0 Å². The van der Waals surface area contributed by atoms with Gasteiger partial charge in [-0.1, -0.05) is 12.8 Å². The third kappa shape index (κ3) is 4.06. The Labute approximate surface area is 201 Å². The molecule has 2 unspecified atom stereocenters. The molecular weight excluding hydrogens is 426 g/mol. The lowest BCUT2D eigenvalue weighted by molar-refractivity contribution is 0.130. The van der Waals surface area contributed by atoms with E-state index >= 15 is 0 Å². The van der Waals surface area contributed by atoms with Gasteiger partial charge in [-0.2, -0.15) is 0 Å². The van der Waals surface area contributed by atoms with Gasteiger partial charge in [-0.05, 0) is 74.6 Å². The molecule has 1 saturated heterocycles. The minimum atomic E-state index is 0.333. The summed E-state index contributed by atoms with van der Waals surface area (Å²) < 4.78 is 7.33. The highest BCUT2D eigenvalue weighted by Crippen LogP contribution is 2.41. The van der Waals surface area contributed by atoms with E-state index in [1.54, 1.807) is 6.26 Å². The molecule has 1 aromatic carbocycles. The summed E-state index contributed by atoms with van der Waals surface area (Å²) in [6, 6.07) is 8.53. The summed E-state index contributed by atoms with van der Waals surface area (Å²) in [6.07, 6.45) is 10.8. The van der Waals surface area contributed by atoms with Gasteiger partial charge in [0.1, 0.15) is 5.58 Å². The van der Waals surface area contributed by atoms with Crippen LogP contribution in [0.25, 0.3) is 11.0 Å². The molecule has 2 fully saturated rings. The Morgan fingerprint density at radius 2 is 1.47 bits per heavy atom. The number of rotatable bonds is 5. The molecule has 6 nitrogen and oxygen atoms in total. The fraction of sp³-hybridized carbons (Fsp3) is 0.571. The van der Waals surface area contributed by atoms with Crippen molar-refractivity contribution in [1.29, 1.82) is 0 Å². The number of nitrogens with zero attached hydrogens (tertiary/aromatic N) is 3. The first-order chi connectivity index (χ1) is 16.7. The van der Waals surface area contributed by atoms with E-state index in [1.807, 2.05) is 10.6 Å². The van der Waals surface area contributed by atoms with Crippen LogP contribution in [0.2, 0.25) is 0 Å². The van der Waals surface area contributed by atoms with Crippen molar-refractivity contribution < 1.29 is 14.6 Å². The SMILES string of the molecule is Oc1c2c(c(O)n1CC1CCCCC1CN1CCN(c3ccc4occc4c3)CC1)CCCC2. The molecule has 0 spiro atoms. The van der Waals surface area contributed by atoms with Crippen LogP contribution in [0.5, 0.6) is 11.8 Å². The van der Waals surface area contributed by atoms with Crippen molar-refractivity contribution in [1.82, 2.24) is 9.47 Å². The molecule has 6 heteroatoms. The van der Waals surface area contributed by atoms with Crippen LogP contribution >= 0.6 is 0 Å². The predicted molar refractivity (Wildman–Crippen MR) is 135 cm³/mol. The maximum Gasteiger partial charge on any atom is 0.197 e. The molecular formula is C28H37N3O3. The van der Waals surface area contributed by atoms with E-state index in [2.05, 4.69) is 28.0 Å². The zero-order valence-electron chi connectivity index (χ0n) is 20.1. The highest BCUT2D eigenvalue weighted by molar-refractivity contribution is 5.81. The molecule has 182 valence electrons. The molecule has 2 N–H and O–H groups in total. The minimum absolute atomic E-state index is 0.333. The number of hydrogen-bond donors (Lipinski definition) is 2. The lowest BCUT2D eigenvalue weighted by Gasteiger charge is -2.40. The Hall–Kier alpha value is -2.60. The van der Waals surface area contributed by atoms with Crippen LogP contribution in [0, 0.1) is 11.8 Å². The molecule has 2 atom stereocenters. The normalized spacial score (nSPS) is 23.9. The van der Waals surface area contributed by atoms with Gasteiger partial charge in [0.05, 0.1) is 6.26 Å². The van der Waals surface area contributed by atoms with E-state index in [-0.39, 0.29) is 0 Å². The van der Waals surface area contributed by atoms with Crippen molar-refractivity contribution in [2.75, 3.05) is 37.6 Å². The summed E-state index contributed by atoms with van der Waals surface area (Å²) in [6.45, 7) is 6.14. The van der Waals surface area contributed by atoms with E-state index < -0.39 is 0 Å². The molecule has 2 aliphatic carbocycles. The monoisotopic (exact) mass is 463 g/mol. The van der Waals surface area contributed by atoms with Gasteiger partial charge in [-0.25, -0.2) is 0 Å². The van der Waals surface area contributed by atoms with Crippen LogP contribution < -0.4 is 4.90 Å². The molecule has 0 radical (unpaired) electrons. The lowest BCUT2D eigenvalue weighted by atomic mass is 9.78. The Balaban J connectivity index is 1.10. The third-order valence-corrected chi connectivity index (χ3v) is 8.67. The number of piperazine rings is 1. The number of fused-ring (bicyclic) bond motifs is 2. The number of hydrogen-bond acceptors (Lipinski definition) is 5. The average molecular weight is 464 g/mol. The first kappa shape index (κ1) is 21.9. The van der Waals surface area contributed by atoms with E-state index in [4.69, 9.17) is 4.42 Å². The Morgan fingerprint density at radius 1 is 0.794 bits per heavy atom. The second-order valence-corrected chi connectivity index (χ2v) is 10.7. The Kier molecular flexibility index (Phi) is 5.94. The Morgan fingerprint density at radius 3 is 2.18 bits per heavy atom. The van der Waals surface area contributed by atoms with Crippen molar-refractivity contribution >= 4 is 16.7 Å². The molecule has 3 aromatic rings. The number of anilines is 1. The van der Waals surface area contributed by atoms with Gasteiger partial charge in [0.25, 0.3) is 0 Å². The average Bonchev–Trinajstić information content (AvgIpc) is 3.44.